The van der Waals surface area contributed by atoms with Crippen LogP contribution in [-0.4, -0.2) is 59.7 Å². The molecular formula is C22H45NaO6S. The van der Waals surface area contributed by atoms with Crippen molar-refractivity contribution in [3.05, 3.63) is 12.2 Å². The molecule has 2 N–H and O–H groups in total. The molecule has 0 aromatic carbocycles. The fraction of sp³-hybridized carbons (Fsp3) is 0.864. The summed E-state index contributed by atoms with van der Waals surface area (Å²) in [5, 5.41) is 0. The van der Waals surface area contributed by atoms with E-state index in [1.165, 1.54) is 70.6 Å². The van der Waals surface area contributed by atoms with E-state index in [0.29, 0.717) is 13.0 Å². The Morgan fingerprint density at radius 1 is 0.733 bits per heavy atom. The first-order chi connectivity index (χ1) is 13.8. The van der Waals surface area contributed by atoms with Gasteiger partial charge in [0.15, 0.2) is 0 Å². The fourth-order valence-corrected chi connectivity index (χ4v) is 2.74. The molecule has 0 aliphatic rings. The van der Waals surface area contributed by atoms with Gasteiger partial charge in [-0.05, 0) is 38.5 Å². The van der Waals surface area contributed by atoms with E-state index in [-0.39, 0.29) is 35.5 Å². The molecular weight excluding hydrogens is 415 g/mol. The summed E-state index contributed by atoms with van der Waals surface area (Å²) < 4.78 is 36.7. The van der Waals surface area contributed by atoms with Crippen molar-refractivity contribution < 1.29 is 27.1 Å². The number of ether oxygens (including phenoxy) is 1. The van der Waals surface area contributed by atoms with E-state index in [2.05, 4.69) is 26.0 Å². The number of unbranched alkanes of at least 4 members (excludes halogenated alkanes) is 12. The van der Waals surface area contributed by atoms with Crippen molar-refractivity contribution >= 4 is 45.9 Å². The molecule has 0 aliphatic heterocycles. The van der Waals surface area contributed by atoms with Crippen molar-refractivity contribution in [2.24, 2.45) is 0 Å². The molecule has 176 valence electrons. The van der Waals surface area contributed by atoms with Crippen LogP contribution in [0.5, 0.6) is 0 Å². The molecule has 0 aromatic heterocycles. The first-order valence-corrected chi connectivity index (χ1v) is 12.7. The third kappa shape index (κ3) is 42.2. The number of carbonyl (C=O) groups excluding carboxylic acids is 1. The number of hydrogen-bond acceptors (Lipinski definition) is 4. The Morgan fingerprint density at radius 2 is 1.13 bits per heavy atom. The van der Waals surface area contributed by atoms with Crippen LogP contribution in [0.1, 0.15) is 117 Å². The molecule has 30 heavy (non-hydrogen) atoms. The van der Waals surface area contributed by atoms with Gasteiger partial charge < -0.3 is 4.74 Å². The molecule has 0 fully saturated rings. The van der Waals surface area contributed by atoms with Crippen LogP contribution in [0.3, 0.4) is 0 Å². The molecule has 0 amide bonds. The molecule has 6 nitrogen and oxygen atoms in total. The Bertz CT molecular complexity index is 472. The van der Waals surface area contributed by atoms with Crippen molar-refractivity contribution in [1.82, 2.24) is 0 Å². The van der Waals surface area contributed by atoms with Gasteiger partial charge in [-0.15, -0.1) is 0 Å². The van der Waals surface area contributed by atoms with Gasteiger partial charge in [-0.25, -0.2) is 0 Å². The molecule has 0 unspecified atom stereocenters. The number of esters is 1. The second-order valence-electron chi connectivity index (χ2n) is 7.36. The third-order valence-corrected chi connectivity index (χ3v) is 4.40. The normalized spacial score (nSPS) is 10.9. The SMILES string of the molecule is CCCCCCCC/C=C\CCCCCCCC(=O)OCCCC.O=S(=O)(O)O.[NaH]. The predicted octanol–water partition coefficient (Wildman–Crippen LogP) is 6.07. The van der Waals surface area contributed by atoms with Crippen molar-refractivity contribution in [2.45, 2.75) is 117 Å². The quantitative estimate of drug-likeness (QED) is 0.0847. The summed E-state index contributed by atoms with van der Waals surface area (Å²) in [5.74, 6) is -0.0129. The average molecular weight is 461 g/mol. The van der Waals surface area contributed by atoms with Crippen LogP contribution in [0.15, 0.2) is 12.2 Å². The summed E-state index contributed by atoms with van der Waals surface area (Å²) in [6.07, 6.45) is 24.1. The molecule has 0 spiro atoms. The van der Waals surface area contributed by atoms with Gasteiger partial charge in [-0.1, -0.05) is 83.8 Å². The van der Waals surface area contributed by atoms with Gasteiger partial charge in [0.2, 0.25) is 0 Å². The summed E-state index contributed by atoms with van der Waals surface area (Å²) in [6, 6.07) is 0. The molecule has 0 radical (unpaired) electrons. The Kier molecular flexibility index (Phi) is 31.4. The zero-order valence-corrected chi connectivity index (χ0v) is 19.4. The van der Waals surface area contributed by atoms with Gasteiger partial charge >= 0.3 is 45.9 Å². The van der Waals surface area contributed by atoms with Crippen molar-refractivity contribution in [3.63, 3.8) is 0 Å². The number of allylic oxidation sites excluding steroid dienone is 2. The maximum atomic E-state index is 11.4. The summed E-state index contributed by atoms with van der Waals surface area (Å²) in [7, 11) is -4.67. The van der Waals surface area contributed by atoms with Crippen LogP contribution < -0.4 is 0 Å². The third-order valence-electron chi connectivity index (χ3n) is 4.40. The van der Waals surface area contributed by atoms with Crippen LogP contribution in [0, 0.1) is 0 Å². The molecule has 0 heterocycles. The first-order valence-electron chi connectivity index (χ1n) is 11.3. The van der Waals surface area contributed by atoms with Gasteiger partial charge in [0.05, 0.1) is 6.61 Å². The summed E-state index contributed by atoms with van der Waals surface area (Å²) in [6.45, 7) is 4.98. The van der Waals surface area contributed by atoms with Gasteiger partial charge in [-0.2, -0.15) is 8.42 Å². The second-order valence-corrected chi connectivity index (χ2v) is 8.25. The Morgan fingerprint density at radius 3 is 1.60 bits per heavy atom. The predicted molar refractivity (Wildman–Crippen MR) is 127 cm³/mol. The number of carbonyl (C=O) groups is 1. The van der Waals surface area contributed by atoms with E-state index < -0.39 is 10.4 Å². The second kappa shape index (κ2) is 27.1. The first kappa shape index (κ1) is 34.7. The topological polar surface area (TPSA) is 101 Å². The van der Waals surface area contributed by atoms with Crippen LogP contribution in [0.4, 0.5) is 0 Å². The zero-order chi connectivity index (χ0) is 22.2. The molecule has 0 rings (SSSR count). The monoisotopic (exact) mass is 460 g/mol. The molecule has 8 heteroatoms. The van der Waals surface area contributed by atoms with E-state index in [4.69, 9.17) is 22.3 Å². The van der Waals surface area contributed by atoms with Crippen LogP contribution in [0.25, 0.3) is 0 Å². The van der Waals surface area contributed by atoms with Crippen LogP contribution in [0.2, 0.25) is 0 Å². The van der Waals surface area contributed by atoms with E-state index in [0.717, 1.165) is 25.7 Å². The van der Waals surface area contributed by atoms with E-state index in [9.17, 15) is 4.79 Å². The molecule has 0 bridgehead atoms. The molecule has 0 aromatic rings. The Labute approximate surface area is 207 Å². The van der Waals surface area contributed by atoms with E-state index >= 15 is 0 Å². The average Bonchev–Trinajstić information content (AvgIpc) is 2.64. The van der Waals surface area contributed by atoms with E-state index in [1.54, 1.807) is 0 Å². The summed E-state index contributed by atoms with van der Waals surface area (Å²) in [4.78, 5) is 11.4. The number of hydrogen-bond donors (Lipinski definition) is 2. The minimum absolute atomic E-state index is 0. The van der Waals surface area contributed by atoms with Crippen molar-refractivity contribution in [3.8, 4) is 0 Å². The van der Waals surface area contributed by atoms with Crippen molar-refractivity contribution in [1.29, 1.82) is 0 Å². The fourth-order valence-electron chi connectivity index (χ4n) is 2.74. The van der Waals surface area contributed by atoms with E-state index in [1.807, 2.05) is 0 Å². The van der Waals surface area contributed by atoms with Crippen molar-refractivity contribution in [2.75, 3.05) is 6.61 Å². The molecule has 0 saturated carbocycles. The maximum absolute atomic E-state index is 11.4. The standard InChI is InChI=1S/C22H42O2.Na.H2O4S.H/c1-3-5-7-8-9-10-11-12-13-14-15-16-17-18-19-20-22(23)24-21-6-4-2;;1-5(2,3)4;/h12-13H,3-11,14-21H2,1-2H3;;(H2,1,2,3,4);/b13-12-;;;. The molecule has 0 aliphatic carbocycles. The van der Waals surface area contributed by atoms with Gasteiger partial charge in [-0.3, -0.25) is 13.9 Å². The minimum atomic E-state index is -4.67. The van der Waals surface area contributed by atoms with Crippen LogP contribution in [-0.2, 0) is 19.9 Å². The van der Waals surface area contributed by atoms with Gasteiger partial charge in [0, 0.05) is 6.42 Å². The van der Waals surface area contributed by atoms with Crippen LogP contribution >= 0.6 is 0 Å². The van der Waals surface area contributed by atoms with Gasteiger partial charge in [0.1, 0.15) is 0 Å². The van der Waals surface area contributed by atoms with Gasteiger partial charge in [0.25, 0.3) is 0 Å². The molecule has 0 atom stereocenters. The Hall–Kier alpha value is 0.0800. The summed E-state index contributed by atoms with van der Waals surface area (Å²) >= 11 is 0. The summed E-state index contributed by atoms with van der Waals surface area (Å²) in [5.41, 5.74) is 0. The Balaban J connectivity index is -0.00000108. The zero-order valence-electron chi connectivity index (χ0n) is 18.6. The number of rotatable bonds is 18. The molecule has 0 saturated heterocycles.